The molecule has 7 heteroatoms. The Labute approximate surface area is 194 Å². The van der Waals surface area contributed by atoms with Crippen LogP contribution in [0.4, 0.5) is 5.69 Å². The van der Waals surface area contributed by atoms with Crippen LogP contribution in [0.5, 0.6) is 11.5 Å². The summed E-state index contributed by atoms with van der Waals surface area (Å²) in [6, 6.07) is 16.9. The quantitative estimate of drug-likeness (QED) is 0.330. The van der Waals surface area contributed by atoms with Crippen molar-refractivity contribution in [2.75, 3.05) is 11.9 Å². The first-order chi connectivity index (χ1) is 14.0. The molecular weight excluding hydrogens is 497 g/mol. The van der Waals surface area contributed by atoms with Crippen LogP contribution in [0, 0.1) is 0 Å². The van der Waals surface area contributed by atoms with Crippen molar-refractivity contribution in [1.29, 1.82) is 0 Å². The van der Waals surface area contributed by atoms with Crippen molar-refractivity contribution in [3.63, 3.8) is 0 Å². The molecule has 152 valence electrons. The van der Waals surface area contributed by atoms with Gasteiger partial charge in [0.05, 0.1) is 16.7 Å². The van der Waals surface area contributed by atoms with Crippen molar-refractivity contribution < 1.29 is 9.47 Å². The van der Waals surface area contributed by atoms with Crippen LogP contribution in [0.1, 0.15) is 18.1 Å². The lowest BCUT2D eigenvalue weighted by atomic mass is 10.2. The Kier molecular flexibility index (Phi) is 7.96. The highest BCUT2D eigenvalue weighted by Gasteiger charge is 2.12. The van der Waals surface area contributed by atoms with Gasteiger partial charge in [-0.05, 0) is 60.5 Å². The second-order valence-electron chi connectivity index (χ2n) is 6.22. The summed E-state index contributed by atoms with van der Waals surface area (Å²) >= 11 is 21.7. The highest BCUT2D eigenvalue weighted by Crippen LogP contribution is 2.35. The van der Waals surface area contributed by atoms with Crippen molar-refractivity contribution in [1.82, 2.24) is 0 Å². The van der Waals surface area contributed by atoms with Gasteiger partial charge in [-0.3, -0.25) is 0 Å². The molecule has 0 unspecified atom stereocenters. The Morgan fingerprint density at radius 2 is 1.69 bits per heavy atom. The van der Waals surface area contributed by atoms with Gasteiger partial charge in [-0.25, -0.2) is 0 Å². The maximum atomic E-state index is 6.08. The third kappa shape index (κ3) is 6.19. The molecule has 0 aliphatic heterocycles. The Bertz CT molecular complexity index is 998. The molecule has 0 amide bonds. The van der Waals surface area contributed by atoms with E-state index in [1.165, 1.54) is 0 Å². The topological polar surface area (TPSA) is 30.5 Å². The van der Waals surface area contributed by atoms with Crippen molar-refractivity contribution in [2.24, 2.45) is 0 Å². The Morgan fingerprint density at radius 3 is 2.41 bits per heavy atom. The molecular formula is C22H19BrCl3NO2. The number of halogens is 4. The van der Waals surface area contributed by atoms with E-state index in [2.05, 4.69) is 21.2 Å². The van der Waals surface area contributed by atoms with Crippen molar-refractivity contribution in [2.45, 2.75) is 20.1 Å². The standard InChI is InChI=1S/C22H19BrCl3NO2/c1-2-28-21-9-15(12-27-17-6-7-19(25)20(26)10-17)18(23)11-22(21)29-13-14-4-3-5-16(24)8-14/h3-11,27H,2,12-13H2,1H3. The number of nitrogens with one attached hydrogen (secondary N) is 1. The van der Waals surface area contributed by atoms with E-state index in [0.717, 1.165) is 21.3 Å². The van der Waals surface area contributed by atoms with E-state index in [4.69, 9.17) is 44.3 Å². The molecule has 0 spiro atoms. The van der Waals surface area contributed by atoms with Crippen LogP contribution < -0.4 is 14.8 Å². The fraction of sp³-hybridized carbons (Fsp3) is 0.182. The first-order valence-electron chi connectivity index (χ1n) is 8.97. The second kappa shape index (κ2) is 10.4. The molecule has 0 fully saturated rings. The first kappa shape index (κ1) is 22.1. The van der Waals surface area contributed by atoms with Crippen molar-refractivity contribution in [3.05, 3.63) is 85.3 Å². The van der Waals surface area contributed by atoms with E-state index in [1.807, 2.05) is 49.4 Å². The third-order valence-corrected chi connectivity index (χ3v) is 5.81. The van der Waals surface area contributed by atoms with Crippen molar-refractivity contribution >= 4 is 56.4 Å². The van der Waals surface area contributed by atoms with Crippen LogP contribution in [0.2, 0.25) is 15.1 Å². The summed E-state index contributed by atoms with van der Waals surface area (Å²) in [5.74, 6) is 1.35. The van der Waals surface area contributed by atoms with Crippen LogP contribution in [0.3, 0.4) is 0 Å². The summed E-state index contributed by atoms with van der Waals surface area (Å²) in [5, 5.41) is 5.06. The molecule has 3 nitrogen and oxygen atoms in total. The SMILES string of the molecule is CCOc1cc(CNc2ccc(Cl)c(Cl)c2)c(Br)cc1OCc1cccc(Cl)c1. The molecule has 3 aromatic carbocycles. The molecule has 0 aliphatic rings. The molecule has 3 rings (SSSR count). The molecule has 0 heterocycles. The molecule has 0 saturated heterocycles. The van der Waals surface area contributed by atoms with E-state index in [9.17, 15) is 0 Å². The lowest BCUT2D eigenvalue weighted by Crippen LogP contribution is -2.04. The van der Waals surface area contributed by atoms with Gasteiger partial charge in [-0.1, -0.05) is 62.9 Å². The predicted molar refractivity (Wildman–Crippen MR) is 125 cm³/mol. The summed E-state index contributed by atoms with van der Waals surface area (Å²) in [6.07, 6.45) is 0. The number of rotatable bonds is 8. The number of ether oxygens (including phenoxy) is 2. The van der Waals surface area contributed by atoms with Crippen LogP contribution in [0.15, 0.2) is 59.1 Å². The first-order valence-corrected chi connectivity index (χ1v) is 10.9. The number of benzene rings is 3. The molecule has 0 bridgehead atoms. The summed E-state index contributed by atoms with van der Waals surface area (Å²) in [6.45, 7) is 3.45. The fourth-order valence-electron chi connectivity index (χ4n) is 2.69. The minimum atomic E-state index is 0.397. The van der Waals surface area contributed by atoms with Crippen LogP contribution in [-0.4, -0.2) is 6.61 Å². The molecule has 0 atom stereocenters. The summed E-state index contributed by atoms with van der Waals surface area (Å²) in [7, 11) is 0. The van der Waals surface area contributed by atoms with Gasteiger partial charge in [-0.15, -0.1) is 0 Å². The zero-order chi connectivity index (χ0) is 20.8. The molecule has 1 N–H and O–H groups in total. The van der Waals surface area contributed by atoms with E-state index >= 15 is 0 Å². The highest BCUT2D eigenvalue weighted by atomic mass is 79.9. The molecule has 0 aromatic heterocycles. The molecule has 0 aliphatic carbocycles. The molecule has 3 aromatic rings. The third-order valence-electron chi connectivity index (χ3n) is 4.10. The Hall–Kier alpha value is -1.59. The zero-order valence-electron chi connectivity index (χ0n) is 15.6. The van der Waals surface area contributed by atoms with Crippen LogP contribution >= 0.6 is 50.7 Å². The van der Waals surface area contributed by atoms with Crippen LogP contribution in [-0.2, 0) is 13.2 Å². The average molecular weight is 516 g/mol. The molecule has 0 radical (unpaired) electrons. The maximum Gasteiger partial charge on any atom is 0.162 e. The van der Waals surface area contributed by atoms with E-state index in [0.29, 0.717) is 46.3 Å². The largest absolute Gasteiger partial charge is 0.490 e. The fourth-order valence-corrected chi connectivity index (χ4v) is 3.66. The van der Waals surface area contributed by atoms with E-state index in [1.54, 1.807) is 12.1 Å². The summed E-state index contributed by atoms with van der Waals surface area (Å²) < 4.78 is 12.7. The van der Waals surface area contributed by atoms with Crippen LogP contribution in [0.25, 0.3) is 0 Å². The van der Waals surface area contributed by atoms with Gasteiger partial charge in [0.25, 0.3) is 0 Å². The van der Waals surface area contributed by atoms with Gasteiger partial charge in [0, 0.05) is 21.7 Å². The minimum absolute atomic E-state index is 0.397. The highest BCUT2D eigenvalue weighted by molar-refractivity contribution is 9.10. The van der Waals surface area contributed by atoms with E-state index in [-0.39, 0.29) is 0 Å². The average Bonchev–Trinajstić information content (AvgIpc) is 2.69. The number of anilines is 1. The van der Waals surface area contributed by atoms with Gasteiger partial charge in [-0.2, -0.15) is 0 Å². The molecule has 29 heavy (non-hydrogen) atoms. The molecule has 0 saturated carbocycles. The lowest BCUT2D eigenvalue weighted by Gasteiger charge is -2.16. The maximum absolute atomic E-state index is 6.08. The van der Waals surface area contributed by atoms with Crippen molar-refractivity contribution in [3.8, 4) is 11.5 Å². The van der Waals surface area contributed by atoms with Gasteiger partial charge in [0.1, 0.15) is 6.61 Å². The van der Waals surface area contributed by atoms with Gasteiger partial charge in [0.2, 0.25) is 0 Å². The minimum Gasteiger partial charge on any atom is -0.490 e. The Morgan fingerprint density at radius 1 is 0.897 bits per heavy atom. The summed E-state index contributed by atoms with van der Waals surface area (Å²) in [4.78, 5) is 0. The Balaban J connectivity index is 1.75. The normalized spacial score (nSPS) is 10.7. The monoisotopic (exact) mass is 513 g/mol. The number of hydrogen-bond acceptors (Lipinski definition) is 3. The van der Waals surface area contributed by atoms with Gasteiger partial charge >= 0.3 is 0 Å². The van der Waals surface area contributed by atoms with Gasteiger partial charge < -0.3 is 14.8 Å². The second-order valence-corrected chi connectivity index (χ2v) is 8.33. The van der Waals surface area contributed by atoms with Gasteiger partial charge in [0.15, 0.2) is 11.5 Å². The predicted octanol–water partition coefficient (Wildman–Crippen LogP) is 8.00. The number of hydrogen-bond donors (Lipinski definition) is 1. The smallest absolute Gasteiger partial charge is 0.162 e. The zero-order valence-corrected chi connectivity index (χ0v) is 19.5. The summed E-state index contributed by atoms with van der Waals surface area (Å²) in [5.41, 5.74) is 2.89. The lowest BCUT2D eigenvalue weighted by molar-refractivity contribution is 0.269. The van der Waals surface area contributed by atoms with E-state index < -0.39 is 0 Å².